The van der Waals surface area contributed by atoms with E-state index in [1.165, 1.54) is 37.7 Å². The van der Waals surface area contributed by atoms with Crippen molar-refractivity contribution in [2.75, 3.05) is 13.7 Å². The lowest BCUT2D eigenvalue weighted by Gasteiger charge is -2.28. The molecule has 0 amide bonds. The largest absolute Gasteiger partial charge is 0.496 e. The molecule has 2 saturated carbocycles. The molecule has 1 aromatic carbocycles. The Labute approximate surface area is 136 Å². The van der Waals surface area contributed by atoms with Gasteiger partial charge in [-0.25, -0.2) is 0 Å². The van der Waals surface area contributed by atoms with Gasteiger partial charge in [-0.1, -0.05) is 29.3 Å². The average Bonchev–Trinajstić information content (AvgIpc) is 3.09. The Balaban J connectivity index is 1.79. The molecule has 2 aliphatic rings. The van der Waals surface area contributed by atoms with Crippen LogP contribution in [0.1, 0.15) is 50.6 Å². The Morgan fingerprint density at radius 2 is 2.19 bits per heavy atom. The van der Waals surface area contributed by atoms with Gasteiger partial charge in [0.05, 0.1) is 7.11 Å². The summed E-state index contributed by atoms with van der Waals surface area (Å²) in [7, 11) is 1.77. The van der Waals surface area contributed by atoms with E-state index in [0.717, 1.165) is 34.5 Å². The van der Waals surface area contributed by atoms with Gasteiger partial charge in [-0.15, -0.1) is 0 Å². The molecule has 2 aliphatic carbocycles. The van der Waals surface area contributed by atoms with Crippen molar-refractivity contribution < 1.29 is 4.74 Å². The van der Waals surface area contributed by atoms with Crippen molar-refractivity contribution in [1.82, 2.24) is 5.32 Å². The van der Waals surface area contributed by atoms with Crippen LogP contribution in [0.2, 0.25) is 0 Å². The van der Waals surface area contributed by atoms with Crippen LogP contribution in [0.25, 0.3) is 0 Å². The van der Waals surface area contributed by atoms with Crippen molar-refractivity contribution in [3.05, 3.63) is 28.2 Å². The van der Waals surface area contributed by atoms with E-state index in [-0.39, 0.29) is 0 Å². The quantitative estimate of drug-likeness (QED) is 0.783. The Morgan fingerprint density at radius 3 is 2.81 bits per heavy atom. The normalized spacial score (nSPS) is 28.8. The van der Waals surface area contributed by atoms with Gasteiger partial charge >= 0.3 is 0 Å². The Kier molecular flexibility index (Phi) is 4.90. The number of hydrogen-bond donors (Lipinski definition) is 1. The lowest BCUT2D eigenvalue weighted by Crippen LogP contribution is -2.26. The minimum Gasteiger partial charge on any atom is -0.496 e. The van der Waals surface area contributed by atoms with Gasteiger partial charge in [0, 0.05) is 16.1 Å². The molecular formula is C18H26BrNO. The van der Waals surface area contributed by atoms with Crippen LogP contribution in [0, 0.1) is 17.8 Å². The number of hydrogen-bond acceptors (Lipinski definition) is 2. The number of rotatable bonds is 6. The van der Waals surface area contributed by atoms with Crippen molar-refractivity contribution >= 4 is 15.9 Å². The van der Waals surface area contributed by atoms with Gasteiger partial charge in [0.2, 0.25) is 0 Å². The first kappa shape index (κ1) is 15.4. The van der Waals surface area contributed by atoms with Crippen LogP contribution >= 0.6 is 15.9 Å². The van der Waals surface area contributed by atoms with E-state index >= 15 is 0 Å². The zero-order chi connectivity index (χ0) is 14.8. The first-order valence-corrected chi connectivity index (χ1v) is 9.07. The summed E-state index contributed by atoms with van der Waals surface area (Å²) < 4.78 is 6.73. The molecule has 0 aliphatic heterocycles. The first-order valence-electron chi connectivity index (χ1n) is 8.28. The van der Waals surface area contributed by atoms with Crippen LogP contribution < -0.4 is 10.1 Å². The van der Waals surface area contributed by atoms with Crippen molar-refractivity contribution in [2.45, 2.75) is 45.1 Å². The lowest BCUT2D eigenvalue weighted by molar-refractivity contribution is 0.277. The summed E-state index contributed by atoms with van der Waals surface area (Å²) in [6.45, 7) is 3.19. The predicted molar refractivity (Wildman–Crippen MR) is 90.7 cm³/mol. The topological polar surface area (TPSA) is 21.3 Å². The van der Waals surface area contributed by atoms with E-state index in [4.69, 9.17) is 4.74 Å². The molecule has 3 rings (SSSR count). The highest BCUT2D eigenvalue weighted by molar-refractivity contribution is 9.10. The number of benzene rings is 1. The Bertz CT molecular complexity index is 490. The van der Waals surface area contributed by atoms with Gasteiger partial charge in [-0.2, -0.15) is 0 Å². The van der Waals surface area contributed by atoms with E-state index in [2.05, 4.69) is 46.4 Å². The molecule has 21 heavy (non-hydrogen) atoms. The van der Waals surface area contributed by atoms with Crippen LogP contribution in [-0.2, 0) is 0 Å². The number of ether oxygens (including phenoxy) is 1. The SMILES string of the molecule is CCNC(CC1CC2CCC1C2)c1cc(Br)ccc1OC. The van der Waals surface area contributed by atoms with Gasteiger partial charge in [0.1, 0.15) is 5.75 Å². The van der Waals surface area contributed by atoms with Gasteiger partial charge < -0.3 is 10.1 Å². The zero-order valence-corrected chi connectivity index (χ0v) is 14.7. The van der Waals surface area contributed by atoms with E-state index in [0.29, 0.717) is 6.04 Å². The summed E-state index contributed by atoms with van der Waals surface area (Å²) in [4.78, 5) is 0. The summed E-state index contributed by atoms with van der Waals surface area (Å²) in [5, 5.41) is 3.69. The predicted octanol–water partition coefficient (Wildman–Crippen LogP) is 4.93. The molecule has 1 aromatic rings. The maximum absolute atomic E-state index is 5.59. The molecule has 2 nitrogen and oxygen atoms in total. The number of fused-ring (bicyclic) bond motifs is 2. The third-order valence-corrected chi connectivity index (χ3v) is 5.93. The molecule has 3 heteroatoms. The minimum atomic E-state index is 0.409. The third-order valence-electron chi connectivity index (χ3n) is 5.44. The Hall–Kier alpha value is -0.540. The molecule has 116 valence electrons. The van der Waals surface area contributed by atoms with Gasteiger partial charge in [0.25, 0.3) is 0 Å². The maximum Gasteiger partial charge on any atom is 0.123 e. The van der Waals surface area contributed by atoms with Crippen LogP contribution in [0.5, 0.6) is 5.75 Å². The van der Waals surface area contributed by atoms with Gasteiger partial charge in [-0.3, -0.25) is 0 Å². The molecule has 0 spiro atoms. The van der Waals surface area contributed by atoms with Crippen LogP contribution in [0.4, 0.5) is 0 Å². The van der Waals surface area contributed by atoms with Crippen LogP contribution in [-0.4, -0.2) is 13.7 Å². The molecule has 0 radical (unpaired) electrons. The average molecular weight is 352 g/mol. The summed E-state index contributed by atoms with van der Waals surface area (Å²) in [5.41, 5.74) is 1.30. The highest BCUT2D eigenvalue weighted by Gasteiger charge is 2.40. The maximum atomic E-state index is 5.59. The Morgan fingerprint density at radius 1 is 1.33 bits per heavy atom. The monoisotopic (exact) mass is 351 g/mol. The van der Waals surface area contributed by atoms with Crippen molar-refractivity contribution in [1.29, 1.82) is 0 Å². The highest BCUT2D eigenvalue weighted by Crippen LogP contribution is 2.51. The van der Waals surface area contributed by atoms with Gasteiger partial charge in [-0.05, 0) is 68.2 Å². The number of nitrogens with one attached hydrogen (secondary N) is 1. The minimum absolute atomic E-state index is 0.409. The molecular weight excluding hydrogens is 326 g/mol. The van der Waals surface area contributed by atoms with Gasteiger partial charge in [0.15, 0.2) is 0 Å². The highest BCUT2D eigenvalue weighted by atomic mass is 79.9. The molecule has 0 saturated heterocycles. The summed E-state index contributed by atoms with van der Waals surface area (Å²) in [5.74, 6) is 3.91. The van der Waals surface area contributed by atoms with E-state index in [1.54, 1.807) is 7.11 Å². The summed E-state index contributed by atoms with van der Waals surface area (Å²) >= 11 is 3.61. The second-order valence-corrected chi connectivity index (χ2v) is 7.58. The second kappa shape index (κ2) is 6.70. The number of methoxy groups -OCH3 is 1. The first-order chi connectivity index (χ1) is 10.2. The summed E-state index contributed by atoms with van der Waals surface area (Å²) in [6, 6.07) is 6.76. The number of halogens is 1. The molecule has 2 fully saturated rings. The standard InChI is InChI=1S/C18H26BrNO/c1-3-20-17(10-14-9-12-4-5-13(14)8-12)16-11-15(19)6-7-18(16)21-2/h6-7,11-14,17,20H,3-5,8-10H2,1-2H3. The van der Waals surface area contributed by atoms with Crippen LogP contribution in [0.15, 0.2) is 22.7 Å². The molecule has 0 aromatic heterocycles. The fourth-order valence-electron chi connectivity index (χ4n) is 4.51. The zero-order valence-electron chi connectivity index (χ0n) is 13.1. The van der Waals surface area contributed by atoms with E-state index < -0.39 is 0 Å². The molecule has 0 heterocycles. The van der Waals surface area contributed by atoms with Crippen molar-refractivity contribution in [2.24, 2.45) is 17.8 Å². The molecule has 4 atom stereocenters. The van der Waals surface area contributed by atoms with E-state index in [1.807, 2.05) is 0 Å². The molecule has 2 bridgehead atoms. The fraction of sp³-hybridized carbons (Fsp3) is 0.667. The summed E-state index contributed by atoms with van der Waals surface area (Å²) in [6.07, 6.45) is 7.13. The third kappa shape index (κ3) is 3.29. The van der Waals surface area contributed by atoms with Crippen LogP contribution in [0.3, 0.4) is 0 Å². The van der Waals surface area contributed by atoms with Crippen molar-refractivity contribution in [3.8, 4) is 5.75 Å². The lowest BCUT2D eigenvalue weighted by atomic mass is 9.82. The second-order valence-electron chi connectivity index (χ2n) is 6.67. The smallest absolute Gasteiger partial charge is 0.123 e. The fourth-order valence-corrected chi connectivity index (χ4v) is 4.89. The van der Waals surface area contributed by atoms with Crippen molar-refractivity contribution in [3.63, 3.8) is 0 Å². The van der Waals surface area contributed by atoms with E-state index in [9.17, 15) is 0 Å². The molecule has 1 N–H and O–H groups in total. The molecule has 4 unspecified atom stereocenters.